The summed E-state index contributed by atoms with van der Waals surface area (Å²) >= 11 is 1.46. The van der Waals surface area contributed by atoms with Crippen molar-refractivity contribution in [2.45, 2.75) is 32.3 Å². The predicted octanol–water partition coefficient (Wildman–Crippen LogP) is 3.09. The monoisotopic (exact) mass is 307 g/mol. The lowest BCUT2D eigenvalue weighted by molar-refractivity contribution is -0.383. The van der Waals surface area contributed by atoms with Gasteiger partial charge in [-0.05, 0) is 38.2 Å². The molecule has 0 aliphatic heterocycles. The molecule has 0 spiro atoms. The highest BCUT2D eigenvalue weighted by Gasteiger charge is 2.24. The fourth-order valence-electron chi connectivity index (χ4n) is 2.86. The maximum Gasteiger partial charge on any atom is 0.293 e. The van der Waals surface area contributed by atoms with Gasteiger partial charge in [0.15, 0.2) is 0 Å². The Hall–Kier alpha value is -1.73. The van der Waals surface area contributed by atoms with Crippen LogP contribution in [0.25, 0.3) is 10.2 Å². The molecule has 0 amide bonds. The number of aliphatic hydroxyl groups excluding tert-OH is 1. The van der Waals surface area contributed by atoms with Crippen LogP contribution in [0.3, 0.4) is 0 Å². The number of nitro groups is 1. The smallest absolute Gasteiger partial charge is 0.293 e. The van der Waals surface area contributed by atoms with E-state index in [4.69, 9.17) is 0 Å². The molecule has 0 saturated heterocycles. The molecule has 2 unspecified atom stereocenters. The number of nitrogens with one attached hydrogen (secondary N) is 1. The Morgan fingerprint density at radius 3 is 3.00 bits per heavy atom. The van der Waals surface area contributed by atoms with Gasteiger partial charge in [0.05, 0.1) is 26.3 Å². The molecule has 1 heterocycles. The number of thiazole rings is 1. The number of aromatic nitrogens is 1. The van der Waals surface area contributed by atoms with Gasteiger partial charge in [-0.25, -0.2) is 4.98 Å². The Morgan fingerprint density at radius 2 is 2.33 bits per heavy atom. The molecule has 112 valence electrons. The van der Waals surface area contributed by atoms with Crippen molar-refractivity contribution in [3.8, 4) is 0 Å². The van der Waals surface area contributed by atoms with Crippen LogP contribution in [-0.4, -0.2) is 27.7 Å². The average molecular weight is 307 g/mol. The Morgan fingerprint density at radius 1 is 1.52 bits per heavy atom. The highest BCUT2D eigenvalue weighted by molar-refractivity contribution is 7.18. The zero-order valence-electron chi connectivity index (χ0n) is 11.7. The van der Waals surface area contributed by atoms with Crippen LogP contribution in [0.1, 0.15) is 24.3 Å². The van der Waals surface area contributed by atoms with E-state index in [1.807, 2.05) is 6.92 Å². The fraction of sp³-hybridized carbons (Fsp3) is 0.500. The van der Waals surface area contributed by atoms with Crippen molar-refractivity contribution in [2.24, 2.45) is 5.92 Å². The van der Waals surface area contributed by atoms with Crippen molar-refractivity contribution in [1.29, 1.82) is 0 Å². The van der Waals surface area contributed by atoms with Crippen molar-refractivity contribution < 1.29 is 10.0 Å². The standard InChI is InChI=1S/C14H17N3O3S/c1-8-16-12-5-11(13(17(19)20)6-14(12)21-8)15-7-9-2-3-10(18)4-9/h5-6,9-10,15,18H,2-4,7H2,1H3. The number of hydrogen-bond acceptors (Lipinski definition) is 6. The molecule has 0 bridgehead atoms. The third kappa shape index (κ3) is 2.98. The molecule has 0 radical (unpaired) electrons. The van der Waals surface area contributed by atoms with E-state index in [0.29, 0.717) is 18.2 Å². The number of anilines is 1. The van der Waals surface area contributed by atoms with E-state index in [1.54, 1.807) is 12.1 Å². The van der Waals surface area contributed by atoms with Gasteiger partial charge in [-0.15, -0.1) is 11.3 Å². The van der Waals surface area contributed by atoms with Crippen molar-refractivity contribution in [3.05, 3.63) is 27.3 Å². The van der Waals surface area contributed by atoms with E-state index in [9.17, 15) is 15.2 Å². The van der Waals surface area contributed by atoms with Crippen LogP contribution in [0.4, 0.5) is 11.4 Å². The maximum atomic E-state index is 11.2. The third-order valence-electron chi connectivity index (χ3n) is 3.90. The minimum absolute atomic E-state index is 0.0877. The normalized spacial score (nSPS) is 21.8. The molecular formula is C14H17N3O3S. The van der Waals surface area contributed by atoms with Crippen LogP contribution in [-0.2, 0) is 0 Å². The minimum atomic E-state index is -0.361. The van der Waals surface area contributed by atoms with Crippen molar-refractivity contribution in [1.82, 2.24) is 4.98 Å². The molecule has 6 nitrogen and oxygen atoms in total. The minimum Gasteiger partial charge on any atom is -0.393 e. The first-order valence-electron chi connectivity index (χ1n) is 7.00. The molecule has 21 heavy (non-hydrogen) atoms. The van der Waals surface area contributed by atoms with E-state index in [1.165, 1.54) is 11.3 Å². The van der Waals surface area contributed by atoms with Gasteiger partial charge in [-0.3, -0.25) is 10.1 Å². The number of aryl methyl sites for hydroxylation is 1. The van der Waals surface area contributed by atoms with Crippen LogP contribution in [0.5, 0.6) is 0 Å². The molecular weight excluding hydrogens is 290 g/mol. The number of aliphatic hydroxyl groups is 1. The van der Waals surface area contributed by atoms with E-state index in [2.05, 4.69) is 10.3 Å². The molecule has 2 N–H and O–H groups in total. The zero-order chi connectivity index (χ0) is 15.0. The molecule has 1 aliphatic rings. The molecule has 1 aromatic heterocycles. The SMILES string of the molecule is Cc1nc2cc(NCC3CCC(O)C3)c([N+](=O)[O-])cc2s1. The fourth-order valence-corrected chi connectivity index (χ4v) is 3.70. The topological polar surface area (TPSA) is 88.3 Å². The molecule has 1 saturated carbocycles. The molecule has 1 fully saturated rings. The lowest BCUT2D eigenvalue weighted by Crippen LogP contribution is -2.13. The molecule has 1 aliphatic carbocycles. The number of nitro benzene ring substituents is 1. The number of hydrogen-bond donors (Lipinski definition) is 2. The first kappa shape index (κ1) is 14.2. The average Bonchev–Trinajstić information content (AvgIpc) is 2.99. The third-order valence-corrected chi connectivity index (χ3v) is 4.84. The van der Waals surface area contributed by atoms with Gasteiger partial charge in [0.1, 0.15) is 5.69 Å². The van der Waals surface area contributed by atoms with Gasteiger partial charge in [0.25, 0.3) is 5.69 Å². The maximum absolute atomic E-state index is 11.2. The number of rotatable bonds is 4. The highest BCUT2D eigenvalue weighted by atomic mass is 32.1. The number of fused-ring (bicyclic) bond motifs is 1. The summed E-state index contributed by atoms with van der Waals surface area (Å²) < 4.78 is 0.834. The summed E-state index contributed by atoms with van der Waals surface area (Å²) in [7, 11) is 0. The van der Waals surface area contributed by atoms with Crippen LogP contribution < -0.4 is 5.32 Å². The second-order valence-electron chi connectivity index (χ2n) is 5.54. The van der Waals surface area contributed by atoms with E-state index >= 15 is 0 Å². The lowest BCUT2D eigenvalue weighted by Gasteiger charge is -2.12. The Balaban J connectivity index is 1.85. The summed E-state index contributed by atoms with van der Waals surface area (Å²) in [5.74, 6) is 0.368. The molecule has 2 atom stereocenters. The van der Waals surface area contributed by atoms with E-state index in [-0.39, 0.29) is 16.7 Å². The molecule has 2 aromatic rings. The van der Waals surface area contributed by atoms with E-state index in [0.717, 1.165) is 34.5 Å². The molecule has 1 aromatic carbocycles. The van der Waals surface area contributed by atoms with E-state index < -0.39 is 0 Å². The van der Waals surface area contributed by atoms with Crippen LogP contribution in [0, 0.1) is 23.0 Å². The van der Waals surface area contributed by atoms with Gasteiger partial charge < -0.3 is 10.4 Å². The number of nitrogens with zero attached hydrogens (tertiary/aromatic N) is 2. The molecule has 7 heteroatoms. The second kappa shape index (κ2) is 5.57. The zero-order valence-corrected chi connectivity index (χ0v) is 12.5. The number of benzene rings is 1. The van der Waals surface area contributed by atoms with Gasteiger partial charge in [0.2, 0.25) is 0 Å². The van der Waals surface area contributed by atoms with Gasteiger partial charge in [0, 0.05) is 12.6 Å². The van der Waals surface area contributed by atoms with Gasteiger partial charge >= 0.3 is 0 Å². The summed E-state index contributed by atoms with van der Waals surface area (Å²) in [4.78, 5) is 15.3. The summed E-state index contributed by atoms with van der Waals surface area (Å²) in [5.41, 5.74) is 1.39. The summed E-state index contributed by atoms with van der Waals surface area (Å²) in [5, 5.41) is 24.8. The summed E-state index contributed by atoms with van der Waals surface area (Å²) in [6, 6.07) is 3.34. The second-order valence-corrected chi connectivity index (χ2v) is 6.78. The van der Waals surface area contributed by atoms with Crippen LogP contribution >= 0.6 is 11.3 Å². The Kier molecular flexibility index (Phi) is 3.77. The lowest BCUT2D eigenvalue weighted by atomic mass is 10.1. The largest absolute Gasteiger partial charge is 0.393 e. The van der Waals surface area contributed by atoms with Crippen molar-refractivity contribution in [2.75, 3.05) is 11.9 Å². The summed E-state index contributed by atoms with van der Waals surface area (Å²) in [6.45, 7) is 2.54. The Labute approximate surface area is 126 Å². The van der Waals surface area contributed by atoms with Gasteiger partial charge in [-0.1, -0.05) is 0 Å². The summed E-state index contributed by atoms with van der Waals surface area (Å²) in [6.07, 6.45) is 2.31. The quantitative estimate of drug-likeness (QED) is 0.669. The Bertz CT molecular complexity index is 685. The first-order valence-corrected chi connectivity index (χ1v) is 7.82. The molecule has 3 rings (SSSR count). The highest BCUT2D eigenvalue weighted by Crippen LogP contribution is 2.34. The van der Waals surface area contributed by atoms with Crippen LogP contribution in [0.15, 0.2) is 12.1 Å². The predicted molar refractivity (Wildman–Crippen MR) is 82.8 cm³/mol. The first-order chi connectivity index (χ1) is 10.0. The van der Waals surface area contributed by atoms with Crippen molar-refractivity contribution in [3.63, 3.8) is 0 Å². The van der Waals surface area contributed by atoms with Crippen molar-refractivity contribution >= 4 is 32.9 Å². The van der Waals surface area contributed by atoms with Gasteiger partial charge in [-0.2, -0.15) is 0 Å². The van der Waals surface area contributed by atoms with Crippen LogP contribution in [0.2, 0.25) is 0 Å².